The van der Waals surface area contributed by atoms with Gasteiger partial charge >= 0.3 is 0 Å². The minimum Gasteiger partial charge on any atom is -0.872 e. The molecule has 0 aliphatic heterocycles. The van der Waals surface area contributed by atoms with E-state index >= 15 is 0 Å². The molecule has 2 aromatic carbocycles. The summed E-state index contributed by atoms with van der Waals surface area (Å²) in [4.78, 5) is 4.28. The van der Waals surface area contributed by atoms with Crippen molar-refractivity contribution in [1.29, 1.82) is 0 Å². The topological polar surface area (TPSA) is 49.1 Å². The monoisotopic (exact) mass is 311 g/mol. The summed E-state index contributed by atoms with van der Waals surface area (Å²) in [6, 6.07) is 14.2. The number of rotatable bonds is 1. The van der Waals surface area contributed by atoms with E-state index in [0.717, 1.165) is 5.52 Å². The Balaban J connectivity index is 0.00000108. The van der Waals surface area contributed by atoms with Crippen molar-refractivity contribution in [2.24, 2.45) is 0 Å². The second kappa shape index (κ2) is 7.06. The van der Waals surface area contributed by atoms with Gasteiger partial charge in [-0.05, 0) is 12.1 Å². The summed E-state index contributed by atoms with van der Waals surface area (Å²) in [5.41, 5.74) is 1.96. The Morgan fingerprint density at radius 2 is 1.53 bits per heavy atom. The molecule has 3 nitrogen and oxygen atoms in total. The van der Waals surface area contributed by atoms with Crippen molar-refractivity contribution < 1.29 is 9.52 Å². The van der Waals surface area contributed by atoms with Crippen LogP contribution in [0.3, 0.4) is 0 Å². The molecule has 0 aliphatic rings. The number of hydrogen-bond donors (Lipinski definition) is 0. The normalized spacial score (nSPS) is 9.05. The molecule has 0 unspecified atom stereocenters. The molecule has 1 aromatic heterocycles. The number of para-hydroxylation sites is 3. The van der Waals surface area contributed by atoms with Gasteiger partial charge in [0.05, 0.1) is 0 Å². The van der Waals surface area contributed by atoms with Crippen molar-refractivity contribution in [3.05, 3.63) is 48.5 Å². The van der Waals surface area contributed by atoms with Gasteiger partial charge in [-0.1, -0.05) is 57.0 Å². The van der Waals surface area contributed by atoms with Crippen LogP contribution in [-0.2, 0) is 0 Å². The summed E-state index contributed by atoms with van der Waals surface area (Å²) < 4.78 is 5.52. The molecule has 19 heavy (non-hydrogen) atoms. The molecule has 3 radical (unpaired) electrons. The first-order chi connectivity index (χ1) is 7.84. The van der Waals surface area contributed by atoms with Gasteiger partial charge in [-0.3, -0.25) is 0 Å². The Kier molecular flexibility index (Phi) is 6.45. The minimum absolute atomic E-state index is 0. The first kappa shape index (κ1) is 17.3. The van der Waals surface area contributed by atoms with Crippen molar-refractivity contribution in [3.8, 4) is 17.2 Å². The Morgan fingerprint density at radius 1 is 0.895 bits per heavy atom. The van der Waals surface area contributed by atoms with Crippen molar-refractivity contribution in [3.63, 3.8) is 0 Å². The number of benzene rings is 2. The van der Waals surface area contributed by atoms with Crippen LogP contribution in [0.2, 0.25) is 0 Å². The van der Waals surface area contributed by atoms with E-state index in [1.807, 2.05) is 24.3 Å². The standard InChI is InChI=1S/C13H9NO2.2CH4.Ga/c15-11-7-3-1-5-9(11)13-14-10-6-2-4-8-12(10)16-13;;;/h1-8,15H;2*1H4;/p-1. The van der Waals surface area contributed by atoms with Crippen molar-refractivity contribution in [1.82, 2.24) is 4.98 Å². The molecule has 0 fully saturated rings. The maximum atomic E-state index is 11.6. The van der Waals surface area contributed by atoms with Crippen LogP contribution in [0, 0.1) is 0 Å². The average molecular weight is 312 g/mol. The third-order valence-electron chi connectivity index (χ3n) is 2.41. The van der Waals surface area contributed by atoms with Crippen LogP contribution in [0.4, 0.5) is 0 Å². The van der Waals surface area contributed by atoms with Crippen LogP contribution in [0.25, 0.3) is 22.6 Å². The zero-order valence-corrected chi connectivity index (χ0v) is 11.4. The molecule has 0 saturated carbocycles. The fourth-order valence-electron chi connectivity index (χ4n) is 1.63. The summed E-state index contributed by atoms with van der Waals surface area (Å²) in [5.74, 6) is 0.306. The molecule has 97 valence electrons. The molecule has 4 heteroatoms. The quantitative estimate of drug-likeness (QED) is 0.647. The molecular weight excluding hydrogens is 296 g/mol. The molecule has 1 heterocycles. The predicted octanol–water partition coefficient (Wildman–Crippen LogP) is 3.46. The predicted molar refractivity (Wildman–Crippen MR) is 78.1 cm³/mol. The fraction of sp³-hybridized carbons (Fsp3) is 0.133. The van der Waals surface area contributed by atoms with Crippen LogP contribution < -0.4 is 5.11 Å². The van der Waals surface area contributed by atoms with E-state index in [0.29, 0.717) is 17.0 Å². The zero-order chi connectivity index (χ0) is 11.0. The Hall–Kier alpha value is -1.65. The van der Waals surface area contributed by atoms with Gasteiger partial charge < -0.3 is 9.52 Å². The van der Waals surface area contributed by atoms with Gasteiger partial charge in [0.2, 0.25) is 5.89 Å². The Bertz CT molecular complexity index is 616. The third-order valence-corrected chi connectivity index (χ3v) is 2.41. The van der Waals surface area contributed by atoms with Gasteiger partial charge in [0.15, 0.2) is 5.58 Å². The smallest absolute Gasteiger partial charge is 0.226 e. The molecule has 0 spiro atoms. The van der Waals surface area contributed by atoms with E-state index in [1.54, 1.807) is 18.2 Å². The molecule has 0 aliphatic carbocycles. The minimum atomic E-state index is -0.0749. The number of oxazole rings is 1. The number of aromatic nitrogens is 1. The van der Waals surface area contributed by atoms with Crippen LogP contribution in [0.1, 0.15) is 14.9 Å². The molecule has 0 N–H and O–H groups in total. The molecule has 3 rings (SSSR count). The van der Waals surface area contributed by atoms with Gasteiger partial charge in [-0.2, -0.15) is 0 Å². The molecular formula is C15H16GaNO2-. The molecule has 0 saturated heterocycles. The summed E-state index contributed by atoms with van der Waals surface area (Å²) in [6.45, 7) is 0. The van der Waals surface area contributed by atoms with E-state index in [-0.39, 0.29) is 40.4 Å². The Labute approximate surface area is 126 Å². The first-order valence-corrected chi connectivity index (χ1v) is 4.96. The van der Waals surface area contributed by atoms with Gasteiger partial charge in [0.25, 0.3) is 0 Å². The van der Waals surface area contributed by atoms with Crippen LogP contribution >= 0.6 is 0 Å². The molecule has 0 atom stereocenters. The van der Waals surface area contributed by atoms with Gasteiger partial charge in [0, 0.05) is 25.4 Å². The van der Waals surface area contributed by atoms with Gasteiger partial charge in [0.1, 0.15) is 5.52 Å². The van der Waals surface area contributed by atoms with E-state index < -0.39 is 0 Å². The zero-order valence-electron chi connectivity index (χ0n) is 8.96. The second-order valence-corrected chi connectivity index (χ2v) is 3.48. The third kappa shape index (κ3) is 3.22. The van der Waals surface area contributed by atoms with Crippen molar-refractivity contribution in [2.45, 2.75) is 14.9 Å². The summed E-state index contributed by atoms with van der Waals surface area (Å²) in [7, 11) is 0. The maximum Gasteiger partial charge on any atom is 0.226 e. The number of nitrogens with zero attached hydrogens (tertiary/aromatic N) is 1. The summed E-state index contributed by atoms with van der Waals surface area (Å²) >= 11 is 0. The second-order valence-electron chi connectivity index (χ2n) is 3.48. The summed E-state index contributed by atoms with van der Waals surface area (Å²) in [5, 5.41) is 11.6. The first-order valence-electron chi connectivity index (χ1n) is 4.96. The molecule has 3 aromatic rings. The summed E-state index contributed by atoms with van der Waals surface area (Å²) in [6.07, 6.45) is 0. The largest absolute Gasteiger partial charge is 0.872 e. The number of fused-ring (bicyclic) bond motifs is 1. The van der Waals surface area contributed by atoms with Crippen LogP contribution in [0.15, 0.2) is 52.9 Å². The molecule has 0 bridgehead atoms. The van der Waals surface area contributed by atoms with Crippen LogP contribution in [0.5, 0.6) is 5.75 Å². The van der Waals surface area contributed by atoms with E-state index in [4.69, 9.17) is 4.42 Å². The SMILES string of the molecule is C.C.[Ga].[O-]c1ccccc1-c1nc2ccccc2o1. The Morgan fingerprint density at radius 3 is 2.21 bits per heavy atom. The number of hydrogen-bond acceptors (Lipinski definition) is 3. The average Bonchev–Trinajstić information content (AvgIpc) is 2.73. The van der Waals surface area contributed by atoms with Gasteiger partial charge in [-0.25, -0.2) is 4.98 Å². The van der Waals surface area contributed by atoms with Crippen LogP contribution in [-0.4, -0.2) is 24.8 Å². The molecule has 0 amide bonds. The van der Waals surface area contributed by atoms with Crippen molar-refractivity contribution in [2.75, 3.05) is 0 Å². The van der Waals surface area contributed by atoms with Gasteiger partial charge in [-0.15, -0.1) is 0 Å². The fourth-order valence-corrected chi connectivity index (χ4v) is 1.63. The van der Waals surface area contributed by atoms with Crippen molar-refractivity contribution >= 4 is 30.9 Å². The van der Waals surface area contributed by atoms with E-state index in [1.165, 1.54) is 6.07 Å². The van der Waals surface area contributed by atoms with E-state index in [2.05, 4.69) is 4.98 Å². The maximum absolute atomic E-state index is 11.6. The van der Waals surface area contributed by atoms with E-state index in [9.17, 15) is 5.11 Å².